The lowest BCUT2D eigenvalue weighted by Gasteiger charge is -2.10. The summed E-state index contributed by atoms with van der Waals surface area (Å²) < 4.78 is 25.1. The summed E-state index contributed by atoms with van der Waals surface area (Å²) in [4.78, 5) is 0. The van der Waals surface area contributed by atoms with Crippen LogP contribution in [-0.4, -0.2) is 47.6 Å². The number of aryl methyl sites for hydroxylation is 1. The van der Waals surface area contributed by atoms with Crippen LogP contribution in [0.4, 0.5) is 0 Å². The summed E-state index contributed by atoms with van der Waals surface area (Å²) in [5.41, 5.74) is 5.30. The third-order valence-electron chi connectivity index (χ3n) is 3.70. The third-order valence-corrected chi connectivity index (χ3v) is 5.69. The van der Waals surface area contributed by atoms with E-state index < -0.39 is 9.84 Å². The lowest BCUT2D eigenvalue weighted by atomic mass is 10.2. The fraction of sp³-hybridized carbons (Fsp3) is 0.500. The second-order valence-corrected chi connectivity index (χ2v) is 8.09. The Bertz CT molecular complexity index is 737. The Labute approximate surface area is 141 Å². The lowest BCUT2D eigenvalue weighted by Crippen LogP contribution is -2.31. The Kier molecular flexibility index (Phi) is 5.53. The van der Waals surface area contributed by atoms with Crippen molar-refractivity contribution in [3.63, 3.8) is 0 Å². The first-order valence-electron chi connectivity index (χ1n) is 7.28. The number of hydrogen-bond acceptors (Lipinski definition) is 5. The number of thiocarbonyl (C=S) groups is 1. The standard InChI is InChI=1S/C14H21N5O2S2/c1-4-6-15-14(22)17-16-8-13-10(2)18-19(11(13)3)12-5-7-23(20,21)9-12/h4,8,12H,1,5-7,9H2,2-3H3,(H2,15,17,22)/b16-8-/t12-/m1/s1. The van der Waals surface area contributed by atoms with E-state index in [9.17, 15) is 8.42 Å². The van der Waals surface area contributed by atoms with Crippen LogP contribution in [-0.2, 0) is 9.84 Å². The van der Waals surface area contributed by atoms with Gasteiger partial charge in [-0.25, -0.2) is 8.42 Å². The molecule has 2 heterocycles. The van der Waals surface area contributed by atoms with Crippen LogP contribution in [0.15, 0.2) is 17.8 Å². The van der Waals surface area contributed by atoms with Gasteiger partial charge in [0.25, 0.3) is 0 Å². The largest absolute Gasteiger partial charge is 0.358 e. The van der Waals surface area contributed by atoms with E-state index in [1.54, 1.807) is 17.0 Å². The van der Waals surface area contributed by atoms with Crippen molar-refractivity contribution in [2.75, 3.05) is 18.1 Å². The molecule has 9 heteroatoms. The van der Waals surface area contributed by atoms with Crippen LogP contribution in [0.25, 0.3) is 0 Å². The van der Waals surface area contributed by atoms with Gasteiger partial charge in [-0.2, -0.15) is 10.2 Å². The average Bonchev–Trinajstić information content (AvgIpc) is 2.98. The van der Waals surface area contributed by atoms with Crippen molar-refractivity contribution in [1.82, 2.24) is 20.5 Å². The molecule has 1 atom stereocenters. The maximum atomic E-state index is 11.6. The third kappa shape index (κ3) is 4.38. The minimum Gasteiger partial charge on any atom is -0.358 e. The molecule has 0 saturated carbocycles. The number of sulfone groups is 1. The average molecular weight is 355 g/mol. The predicted octanol–water partition coefficient (Wildman–Crippen LogP) is 0.844. The SMILES string of the molecule is C=CCNC(=S)N/N=C\c1c(C)nn([C@@H]2CCS(=O)(=O)C2)c1C. The fourth-order valence-electron chi connectivity index (χ4n) is 2.55. The molecule has 0 aliphatic carbocycles. The number of nitrogens with zero attached hydrogens (tertiary/aromatic N) is 3. The quantitative estimate of drug-likeness (QED) is 0.352. The van der Waals surface area contributed by atoms with E-state index in [0.717, 1.165) is 17.0 Å². The molecule has 2 rings (SSSR count). The van der Waals surface area contributed by atoms with E-state index >= 15 is 0 Å². The van der Waals surface area contributed by atoms with Gasteiger partial charge < -0.3 is 5.32 Å². The molecular weight excluding hydrogens is 334 g/mol. The summed E-state index contributed by atoms with van der Waals surface area (Å²) in [7, 11) is -2.94. The van der Waals surface area contributed by atoms with Gasteiger partial charge in [-0.15, -0.1) is 6.58 Å². The van der Waals surface area contributed by atoms with Crippen LogP contribution in [0.5, 0.6) is 0 Å². The van der Waals surface area contributed by atoms with E-state index in [4.69, 9.17) is 12.2 Å². The molecule has 0 radical (unpaired) electrons. The van der Waals surface area contributed by atoms with Crippen LogP contribution in [0.1, 0.15) is 29.4 Å². The first-order chi connectivity index (χ1) is 10.8. The van der Waals surface area contributed by atoms with E-state index in [1.165, 1.54) is 0 Å². The molecule has 0 spiro atoms. The van der Waals surface area contributed by atoms with Crippen LogP contribution in [0.2, 0.25) is 0 Å². The molecule has 0 aromatic carbocycles. The molecule has 1 fully saturated rings. The van der Waals surface area contributed by atoms with Crippen molar-refractivity contribution in [2.24, 2.45) is 5.10 Å². The predicted molar refractivity (Wildman–Crippen MR) is 95.5 cm³/mol. The summed E-state index contributed by atoms with van der Waals surface area (Å²) in [6, 6.07) is -0.0934. The monoisotopic (exact) mass is 355 g/mol. The molecule has 0 bridgehead atoms. The van der Waals surface area contributed by atoms with Crippen LogP contribution in [0.3, 0.4) is 0 Å². The van der Waals surface area contributed by atoms with Gasteiger partial charge in [0, 0.05) is 17.8 Å². The van der Waals surface area contributed by atoms with E-state index in [0.29, 0.717) is 18.1 Å². The van der Waals surface area contributed by atoms with Gasteiger partial charge in [0.1, 0.15) is 0 Å². The zero-order chi connectivity index (χ0) is 17.0. The first kappa shape index (κ1) is 17.6. The second-order valence-electron chi connectivity index (χ2n) is 5.45. The maximum Gasteiger partial charge on any atom is 0.187 e. The lowest BCUT2D eigenvalue weighted by molar-refractivity contribution is 0.486. The van der Waals surface area contributed by atoms with Crippen molar-refractivity contribution in [1.29, 1.82) is 0 Å². The summed E-state index contributed by atoms with van der Waals surface area (Å²) in [5, 5.41) is 11.9. The highest BCUT2D eigenvalue weighted by atomic mass is 32.2. The molecule has 1 aromatic rings. The van der Waals surface area contributed by atoms with Crippen molar-refractivity contribution in [3.05, 3.63) is 29.6 Å². The summed E-state index contributed by atoms with van der Waals surface area (Å²) in [6.45, 7) is 7.95. The van der Waals surface area contributed by atoms with Crippen molar-refractivity contribution >= 4 is 33.4 Å². The molecule has 0 unspecified atom stereocenters. The topological polar surface area (TPSA) is 88.4 Å². The molecule has 23 heavy (non-hydrogen) atoms. The Morgan fingerprint density at radius 1 is 1.57 bits per heavy atom. The Balaban J connectivity index is 2.09. The number of hydrazone groups is 1. The van der Waals surface area contributed by atoms with Gasteiger partial charge in [0.05, 0.1) is 29.5 Å². The first-order valence-corrected chi connectivity index (χ1v) is 9.51. The Morgan fingerprint density at radius 3 is 2.91 bits per heavy atom. The molecule has 7 nitrogen and oxygen atoms in total. The minimum atomic E-state index is -2.94. The highest BCUT2D eigenvalue weighted by Gasteiger charge is 2.31. The van der Waals surface area contributed by atoms with E-state index in [2.05, 4.69) is 27.5 Å². The zero-order valence-electron chi connectivity index (χ0n) is 13.2. The molecule has 0 amide bonds. The van der Waals surface area contributed by atoms with Gasteiger partial charge in [-0.05, 0) is 32.5 Å². The van der Waals surface area contributed by atoms with Crippen LogP contribution < -0.4 is 10.7 Å². The van der Waals surface area contributed by atoms with E-state index in [-0.39, 0.29) is 17.5 Å². The molecular formula is C14H21N5O2S2. The van der Waals surface area contributed by atoms with Gasteiger partial charge in [0.2, 0.25) is 0 Å². The normalized spacial score (nSPS) is 19.8. The van der Waals surface area contributed by atoms with Crippen molar-refractivity contribution in [2.45, 2.75) is 26.3 Å². The smallest absolute Gasteiger partial charge is 0.187 e. The van der Waals surface area contributed by atoms with Crippen molar-refractivity contribution in [3.8, 4) is 0 Å². The number of nitrogens with one attached hydrogen (secondary N) is 2. The fourth-order valence-corrected chi connectivity index (χ4v) is 4.37. The van der Waals surface area contributed by atoms with Gasteiger partial charge >= 0.3 is 0 Å². The molecule has 1 aliphatic heterocycles. The van der Waals surface area contributed by atoms with Crippen LogP contribution >= 0.6 is 12.2 Å². The Morgan fingerprint density at radius 2 is 2.30 bits per heavy atom. The van der Waals surface area contributed by atoms with E-state index in [1.807, 2.05) is 13.8 Å². The maximum absolute atomic E-state index is 11.6. The molecule has 1 saturated heterocycles. The van der Waals surface area contributed by atoms with Gasteiger partial charge in [-0.1, -0.05) is 6.08 Å². The second kappa shape index (κ2) is 7.22. The molecule has 126 valence electrons. The van der Waals surface area contributed by atoms with Gasteiger partial charge in [-0.3, -0.25) is 10.1 Å². The number of rotatable bonds is 5. The van der Waals surface area contributed by atoms with Gasteiger partial charge in [0.15, 0.2) is 14.9 Å². The van der Waals surface area contributed by atoms with Crippen molar-refractivity contribution < 1.29 is 8.42 Å². The molecule has 1 aliphatic rings. The number of hydrogen-bond donors (Lipinski definition) is 2. The molecule has 2 N–H and O–H groups in total. The zero-order valence-corrected chi connectivity index (χ0v) is 14.9. The summed E-state index contributed by atoms with van der Waals surface area (Å²) >= 11 is 5.05. The summed E-state index contributed by atoms with van der Waals surface area (Å²) in [6.07, 6.45) is 3.96. The number of aromatic nitrogens is 2. The Hall–Kier alpha value is -1.74. The summed E-state index contributed by atoms with van der Waals surface area (Å²) in [5.74, 6) is 0.379. The highest BCUT2D eigenvalue weighted by molar-refractivity contribution is 7.91. The molecule has 1 aromatic heterocycles. The van der Waals surface area contributed by atoms with Crippen LogP contribution in [0, 0.1) is 13.8 Å². The highest BCUT2D eigenvalue weighted by Crippen LogP contribution is 2.26. The minimum absolute atomic E-state index is 0.0934.